The van der Waals surface area contributed by atoms with E-state index in [1.807, 2.05) is 0 Å². The Morgan fingerprint density at radius 2 is 1.35 bits per heavy atom. The molecule has 0 aromatic rings. The van der Waals surface area contributed by atoms with Gasteiger partial charge in [-0.1, -0.05) is 13.8 Å². The lowest BCUT2D eigenvalue weighted by atomic mass is 9.44. The Labute approximate surface area is 224 Å². The molecule has 1 unspecified atom stereocenters. The molecule has 0 spiro atoms. The van der Waals surface area contributed by atoms with E-state index < -0.39 is 0 Å². The largest absolute Gasteiger partial charge is 0.461 e. The lowest BCUT2D eigenvalue weighted by molar-refractivity contribution is -0.178. The van der Waals surface area contributed by atoms with E-state index in [4.69, 9.17) is 9.47 Å². The van der Waals surface area contributed by atoms with Crippen LogP contribution in [0, 0.1) is 34.5 Å². The van der Waals surface area contributed by atoms with Crippen LogP contribution in [0.1, 0.15) is 98.3 Å². The van der Waals surface area contributed by atoms with E-state index in [-0.39, 0.29) is 29.6 Å². The van der Waals surface area contributed by atoms with Crippen LogP contribution >= 0.6 is 0 Å². The highest BCUT2D eigenvalue weighted by molar-refractivity contribution is 5.66. The topological polar surface area (TPSA) is 59.1 Å². The second-order valence-electron chi connectivity index (χ2n) is 14.2. The summed E-state index contributed by atoms with van der Waals surface area (Å²) in [7, 11) is 0. The van der Waals surface area contributed by atoms with E-state index >= 15 is 0 Å². The van der Waals surface area contributed by atoms with Crippen molar-refractivity contribution in [3.05, 3.63) is 0 Å². The summed E-state index contributed by atoms with van der Waals surface area (Å²) in [4.78, 5) is 29.7. The standard InChI is InChI=1S/C31H50N2O4/c1-20(34)36-28-17-22-9-10-23-24(31(22,4)19-27(28)33-15-7-8-16-33)11-12-30(3)25(23)18-26(29(30)37-21(2)35)32-13-5-6-14-32/h22-29H,5-19H2,1-4H3/t22-,23?,24-,25-,26-,27-,28-,29-,30-,31-/m0/s1. The van der Waals surface area contributed by atoms with Gasteiger partial charge in [-0.2, -0.15) is 0 Å². The summed E-state index contributed by atoms with van der Waals surface area (Å²) in [6, 6.07) is 0.761. The molecule has 6 heteroatoms. The van der Waals surface area contributed by atoms with E-state index in [1.54, 1.807) is 13.8 Å². The fraction of sp³-hybridized carbons (Fsp3) is 0.935. The predicted octanol–water partition coefficient (Wildman–Crippen LogP) is 5.04. The van der Waals surface area contributed by atoms with Crippen LogP contribution in [0.25, 0.3) is 0 Å². The third kappa shape index (κ3) is 4.37. The van der Waals surface area contributed by atoms with Gasteiger partial charge in [-0.25, -0.2) is 0 Å². The van der Waals surface area contributed by atoms with Gasteiger partial charge in [-0.3, -0.25) is 19.4 Å². The summed E-state index contributed by atoms with van der Waals surface area (Å²) < 4.78 is 12.2. The third-order valence-electron chi connectivity index (χ3n) is 12.4. The number of likely N-dealkylation sites (tertiary alicyclic amines) is 2. The van der Waals surface area contributed by atoms with Crippen LogP contribution < -0.4 is 0 Å². The highest BCUT2D eigenvalue weighted by Crippen LogP contribution is 2.67. The van der Waals surface area contributed by atoms with Gasteiger partial charge in [0.1, 0.15) is 12.2 Å². The van der Waals surface area contributed by atoms with Crippen LogP contribution in [0.3, 0.4) is 0 Å². The Balaban J connectivity index is 1.28. The maximum Gasteiger partial charge on any atom is 0.302 e. The molecular formula is C31H50N2O4. The predicted molar refractivity (Wildman–Crippen MR) is 143 cm³/mol. The smallest absolute Gasteiger partial charge is 0.302 e. The molecule has 2 aliphatic heterocycles. The van der Waals surface area contributed by atoms with E-state index in [0.717, 1.165) is 44.4 Å². The molecule has 2 saturated heterocycles. The Kier molecular flexibility index (Phi) is 6.91. The molecule has 6 rings (SSSR count). The fourth-order valence-electron chi connectivity index (χ4n) is 10.8. The van der Waals surface area contributed by atoms with Crippen molar-refractivity contribution in [3.8, 4) is 0 Å². The molecular weight excluding hydrogens is 464 g/mol. The van der Waals surface area contributed by atoms with Crippen LogP contribution in [-0.2, 0) is 19.1 Å². The lowest BCUT2D eigenvalue weighted by Gasteiger charge is -2.62. The van der Waals surface area contributed by atoms with Gasteiger partial charge in [0.25, 0.3) is 0 Å². The molecule has 0 radical (unpaired) electrons. The number of esters is 2. The number of hydrogen-bond donors (Lipinski definition) is 0. The molecule has 2 heterocycles. The first-order chi connectivity index (χ1) is 17.7. The average molecular weight is 515 g/mol. The molecule has 6 aliphatic rings. The minimum absolute atomic E-state index is 0.0385. The SMILES string of the molecule is CC(=O)O[C@H]1C[C@@H]2CCC3[C@H](CC[C@@]4(C)[C@H]3C[C@H](N3CCCC3)[C@@H]4OC(C)=O)[C@@]2(C)C[C@@H]1N1CCCC1. The number of hydrogen-bond acceptors (Lipinski definition) is 6. The first kappa shape index (κ1) is 26.1. The van der Waals surface area contributed by atoms with Crippen molar-refractivity contribution in [1.29, 1.82) is 0 Å². The van der Waals surface area contributed by atoms with Crippen LogP contribution in [0.4, 0.5) is 0 Å². The fourth-order valence-corrected chi connectivity index (χ4v) is 10.8. The molecule has 37 heavy (non-hydrogen) atoms. The normalized spacial score (nSPS) is 48.2. The molecule has 6 nitrogen and oxygen atoms in total. The van der Waals surface area contributed by atoms with Gasteiger partial charge in [-0.05, 0) is 126 Å². The summed E-state index contributed by atoms with van der Waals surface area (Å²) in [5.41, 5.74) is 0.392. The zero-order valence-corrected chi connectivity index (χ0v) is 23.8. The van der Waals surface area contributed by atoms with Gasteiger partial charge in [-0.15, -0.1) is 0 Å². The van der Waals surface area contributed by atoms with E-state index in [2.05, 4.69) is 23.6 Å². The Hall–Kier alpha value is -1.14. The molecule has 6 fully saturated rings. The van der Waals surface area contributed by atoms with Crippen molar-refractivity contribution in [3.63, 3.8) is 0 Å². The summed E-state index contributed by atoms with van der Waals surface area (Å²) in [6.07, 6.45) is 13.5. The van der Waals surface area contributed by atoms with Gasteiger partial charge in [0.05, 0.1) is 0 Å². The van der Waals surface area contributed by atoms with E-state index in [1.165, 1.54) is 64.2 Å². The van der Waals surface area contributed by atoms with Crippen LogP contribution in [0.5, 0.6) is 0 Å². The van der Waals surface area contributed by atoms with Gasteiger partial charge >= 0.3 is 11.9 Å². The molecule has 0 amide bonds. The zero-order valence-electron chi connectivity index (χ0n) is 23.8. The minimum Gasteiger partial charge on any atom is -0.461 e. The monoisotopic (exact) mass is 514 g/mol. The number of rotatable bonds is 4. The molecule has 0 aromatic carbocycles. The molecule has 10 atom stereocenters. The second-order valence-corrected chi connectivity index (χ2v) is 14.2. The Morgan fingerprint density at radius 1 is 0.730 bits per heavy atom. The van der Waals surface area contributed by atoms with Crippen molar-refractivity contribution in [1.82, 2.24) is 9.80 Å². The summed E-state index contributed by atoms with van der Waals surface area (Å²) in [5, 5.41) is 0. The quantitative estimate of drug-likeness (QED) is 0.490. The van der Waals surface area contributed by atoms with Crippen molar-refractivity contribution in [2.75, 3.05) is 26.2 Å². The average Bonchev–Trinajstić information content (AvgIpc) is 3.60. The molecule has 4 aliphatic carbocycles. The molecule has 4 saturated carbocycles. The van der Waals surface area contributed by atoms with Crippen molar-refractivity contribution < 1.29 is 19.1 Å². The Bertz CT molecular complexity index is 882. The van der Waals surface area contributed by atoms with Gasteiger partial charge in [0.2, 0.25) is 0 Å². The van der Waals surface area contributed by atoms with Gasteiger partial charge < -0.3 is 9.47 Å². The lowest BCUT2D eigenvalue weighted by Crippen LogP contribution is -2.60. The zero-order chi connectivity index (χ0) is 25.9. The van der Waals surface area contributed by atoms with Crippen LogP contribution in [-0.4, -0.2) is 72.2 Å². The van der Waals surface area contributed by atoms with E-state index in [0.29, 0.717) is 29.3 Å². The number of fused-ring (bicyclic) bond motifs is 5. The second kappa shape index (κ2) is 9.80. The summed E-state index contributed by atoms with van der Waals surface area (Å²) >= 11 is 0. The van der Waals surface area contributed by atoms with Crippen LogP contribution in [0.15, 0.2) is 0 Å². The molecule has 208 valence electrons. The highest BCUT2D eigenvalue weighted by Gasteiger charge is 2.65. The van der Waals surface area contributed by atoms with Crippen molar-refractivity contribution >= 4 is 11.9 Å². The minimum atomic E-state index is -0.115. The van der Waals surface area contributed by atoms with Crippen LogP contribution in [0.2, 0.25) is 0 Å². The number of carbonyl (C=O) groups excluding carboxylic acids is 2. The number of carbonyl (C=O) groups is 2. The summed E-state index contributed by atoms with van der Waals surface area (Å²) in [6.45, 7) is 12.9. The Morgan fingerprint density at radius 3 is 1.97 bits per heavy atom. The van der Waals surface area contributed by atoms with Gasteiger partial charge in [0, 0.05) is 31.3 Å². The van der Waals surface area contributed by atoms with Crippen molar-refractivity contribution in [2.24, 2.45) is 34.5 Å². The molecule has 0 N–H and O–H groups in total. The maximum absolute atomic E-state index is 12.3. The number of ether oxygens (including phenoxy) is 2. The summed E-state index contributed by atoms with van der Waals surface area (Å²) in [5.74, 6) is 2.50. The van der Waals surface area contributed by atoms with Crippen molar-refractivity contribution in [2.45, 2.75) is 123 Å². The number of nitrogens with zero attached hydrogens (tertiary/aromatic N) is 2. The maximum atomic E-state index is 12.3. The first-order valence-corrected chi connectivity index (χ1v) is 15.5. The molecule has 0 aromatic heterocycles. The van der Waals surface area contributed by atoms with E-state index in [9.17, 15) is 9.59 Å². The van der Waals surface area contributed by atoms with Gasteiger partial charge in [0.15, 0.2) is 0 Å². The molecule has 0 bridgehead atoms. The third-order valence-corrected chi connectivity index (χ3v) is 12.4. The highest BCUT2D eigenvalue weighted by atomic mass is 16.5. The first-order valence-electron chi connectivity index (χ1n) is 15.5.